The van der Waals surface area contributed by atoms with Gasteiger partial charge in [-0.25, -0.2) is 0 Å². The molecule has 0 saturated heterocycles. The second kappa shape index (κ2) is 5.10. The maximum atomic E-state index is 12.3. The van der Waals surface area contributed by atoms with Crippen LogP contribution in [0.25, 0.3) is 0 Å². The smallest absolute Gasteiger partial charge is 0.258 e. The van der Waals surface area contributed by atoms with Gasteiger partial charge in [0.15, 0.2) is 0 Å². The van der Waals surface area contributed by atoms with Crippen molar-refractivity contribution in [2.24, 2.45) is 0 Å². The van der Waals surface area contributed by atoms with Crippen molar-refractivity contribution in [2.75, 3.05) is 5.75 Å². The fourth-order valence-electron chi connectivity index (χ4n) is 1.10. The first-order valence-corrected chi connectivity index (χ1v) is 4.95. The normalized spacial score (nSPS) is 10.6. The number of rotatable bonds is 1. The Kier molecular flexibility index (Phi) is 4.02. The highest BCUT2D eigenvalue weighted by Crippen LogP contribution is 2.32. The highest BCUT2D eigenvalue weighted by molar-refractivity contribution is 7.80. The zero-order chi connectivity index (χ0) is 13.1. The largest absolute Gasteiger partial charge is 0.416 e. The molecule has 3 nitrogen and oxygen atoms in total. The Bertz CT molecular complexity index is 502. The molecule has 0 fully saturated rings. The summed E-state index contributed by atoms with van der Waals surface area (Å²) in [5.41, 5.74) is -1.79. The van der Waals surface area contributed by atoms with E-state index in [1.54, 1.807) is 0 Å². The first-order valence-electron chi connectivity index (χ1n) is 4.31. The molecule has 0 aliphatic rings. The number of thiol groups is 1. The van der Waals surface area contributed by atoms with Gasteiger partial charge in [0.25, 0.3) is 5.69 Å². The van der Waals surface area contributed by atoms with Crippen LogP contribution in [-0.4, -0.2) is 10.7 Å². The second-order valence-corrected chi connectivity index (χ2v) is 3.26. The molecule has 7 heteroatoms. The van der Waals surface area contributed by atoms with Crippen LogP contribution in [0.5, 0.6) is 0 Å². The summed E-state index contributed by atoms with van der Waals surface area (Å²) >= 11 is 3.78. The number of nitro groups is 1. The molecular weight excluding hydrogens is 255 g/mol. The minimum absolute atomic E-state index is 0.0583. The Balaban J connectivity index is 3.32. The Morgan fingerprint density at radius 2 is 2.06 bits per heavy atom. The van der Waals surface area contributed by atoms with Crippen molar-refractivity contribution in [3.05, 3.63) is 39.4 Å². The molecule has 0 heterocycles. The number of halogens is 3. The Hall–Kier alpha value is -1.68. The molecule has 0 aliphatic heterocycles. The molecule has 0 saturated carbocycles. The van der Waals surface area contributed by atoms with Gasteiger partial charge in [-0.2, -0.15) is 25.8 Å². The van der Waals surface area contributed by atoms with Crippen molar-refractivity contribution in [1.82, 2.24) is 0 Å². The number of hydrogen-bond acceptors (Lipinski definition) is 3. The van der Waals surface area contributed by atoms with Gasteiger partial charge in [-0.3, -0.25) is 10.1 Å². The lowest BCUT2D eigenvalue weighted by Crippen LogP contribution is -2.06. The van der Waals surface area contributed by atoms with Gasteiger partial charge in [0, 0.05) is 6.07 Å². The lowest BCUT2D eigenvalue weighted by molar-refractivity contribution is -0.385. The minimum atomic E-state index is -4.61. The van der Waals surface area contributed by atoms with Crippen LogP contribution in [0.2, 0.25) is 0 Å². The molecule has 1 aromatic carbocycles. The molecule has 0 atom stereocenters. The molecule has 0 aliphatic carbocycles. The average molecular weight is 261 g/mol. The summed E-state index contributed by atoms with van der Waals surface area (Å²) < 4.78 is 37.0. The topological polar surface area (TPSA) is 43.1 Å². The van der Waals surface area contributed by atoms with E-state index in [1.165, 1.54) is 0 Å². The monoisotopic (exact) mass is 261 g/mol. The van der Waals surface area contributed by atoms with E-state index in [1.807, 2.05) is 0 Å². The molecule has 0 N–H and O–H groups in total. The second-order valence-electron chi connectivity index (χ2n) is 2.95. The summed E-state index contributed by atoms with van der Waals surface area (Å²) in [6.07, 6.45) is -4.61. The first-order chi connectivity index (χ1) is 7.86. The van der Waals surface area contributed by atoms with Crippen LogP contribution in [0.1, 0.15) is 11.1 Å². The fraction of sp³-hybridized carbons (Fsp3) is 0.200. The molecule has 1 aromatic rings. The van der Waals surface area contributed by atoms with E-state index in [4.69, 9.17) is 0 Å². The molecule has 0 spiro atoms. The van der Waals surface area contributed by atoms with E-state index in [0.717, 1.165) is 12.1 Å². The minimum Gasteiger partial charge on any atom is -0.258 e. The molecule has 1 rings (SSSR count). The highest BCUT2D eigenvalue weighted by Gasteiger charge is 2.32. The van der Waals surface area contributed by atoms with Crippen LogP contribution >= 0.6 is 12.6 Å². The number of alkyl halides is 3. The van der Waals surface area contributed by atoms with Gasteiger partial charge in [0.05, 0.1) is 16.2 Å². The summed E-state index contributed by atoms with van der Waals surface area (Å²) in [7, 11) is 0. The third-order valence-corrected chi connectivity index (χ3v) is 1.98. The van der Waals surface area contributed by atoms with E-state index in [-0.39, 0.29) is 11.3 Å². The van der Waals surface area contributed by atoms with Crippen molar-refractivity contribution in [3.63, 3.8) is 0 Å². The molecule has 0 amide bonds. The first kappa shape index (κ1) is 13.4. The maximum Gasteiger partial charge on any atom is 0.416 e. The third kappa shape index (κ3) is 3.39. The molecule has 90 valence electrons. The summed E-state index contributed by atoms with van der Waals surface area (Å²) in [6.45, 7) is 0. The zero-order valence-electron chi connectivity index (χ0n) is 8.28. The van der Waals surface area contributed by atoms with Gasteiger partial charge < -0.3 is 0 Å². The number of benzene rings is 1. The Morgan fingerprint density at radius 1 is 1.41 bits per heavy atom. The Morgan fingerprint density at radius 3 is 2.53 bits per heavy atom. The van der Waals surface area contributed by atoms with Crippen LogP contribution in [0, 0.1) is 22.0 Å². The van der Waals surface area contributed by atoms with E-state index in [0.29, 0.717) is 6.07 Å². The third-order valence-electron chi connectivity index (χ3n) is 1.82. The van der Waals surface area contributed by atoms with E-state index < -0.39 is 22.4 Å². The summed E-state index contributed by atoms with van der Waals surface area (Å²) in [5.74, 6) is 5.00. The molecular formula is C10H6F3NO2S. The lowest BCUT2D eigenvalue weighted by atomic mass is 10.1. The van der Waals surface area contributed by atoms with Crippen LogP contribution in [-0.2, 0) is 6.18 Å². The predicted octanol–water partition coefficient (Wildman–Crippen LogP) is 2.89. The quantitative estimate of drug-likeness (QED) is 0.365. The predicted molar refractivity (Wildman–Crippen MR) is 58.8 cm³/mol. The van der Waals surface area contributed by atoms with Crippen molar-refractivity contribution in [3.8, 4) is 11.8 Å². The van der Waals surface area contributed by atoms with Crippen molar-refractivity contribution < 1.29 is 18.1 Å². The van der Waals surface area contributed by atoms with Gasteiger partial charge >= 0.3 is 6.18 Å². The maximum absolute atomic E-state index is 12.3. The molecule has 0 unspecified atom stereocenters. The number of hydrogen-bond donors (Lipinski definition) is 1. The molecule has 0 bridgehead atoms. The average Bonchev–Trinajstić information content (AvgIpc) is 2.24. The number of nitro benzene ring substituents is 1. The summed E-state index contributed by atoms with van der Waals surface area (Å²) in [4.78, 5) is 9.72. The van der Waals surface area contributed by atoms with Crippen molar-refractivity contribution >= 4 is 18.3 Å². The van der Waals surface area contributed by atoms with Gasteiger partial charge in [-0.1, -0.05) is 11.8 Å². The van der Waals surface area contributed by atoms with E-state index in [9.17, 15) is 23.3 Å². The van der Waals surface area contributed by atoms with E-state index in [2.05, 4.69) is 24.5 Å². The molecule has 0 aromatic heterocycles. The molecule has 17 heavy (non-hydrogen) atoms. The van der Waals surface area contributed by atoms with Gasteiger partial charge in [0.2, 0.25) is 0 Å². The van der Waals surface area contributed by atoms with Crippen molar-refractivity contribution in [2.45, 2.75) is 6.18 Å². The summed E-state index contributed by atoms with van der Waals surface area (Å²) in [5, 5.41) is 10.6. The van der Waals surface area contributed by atoms with Crippen LogP contribution in [0.4, 0.5) is 18.9 Å². The van der Waals surface area contributed by atoms with Gasteiger partial charge in [0.1, 0.15) is 5.56 Å². The van der Waals surface area contributed by atoms with Crippen molar-refractivity contribution in [1.29, 1.82) is 0 Å². The van der Waals surface area contributed by atoms with E-state index >= 15 is 0 Å². The van der Waals surface area contributed by atoms with Gasteiger partial charge in [-0.15, -0.1) is 0 Å². The van der Waals surface area contributed by atoms with Crippen LogP contribution < -0.4 is 0 Å². The fourth-order valence-corrected chi connectivity index (χ4v) is 1.18. The zero-order valence-corrected chi connectivity index (χ0v) is 9.18. The Labute approximate surface area is 100 Å². The highest BCUT2D eigenvalue weighted by atomic mass is 32.1. The van der Waals surface area contributed by atoms with Crippen LogP contribution in [0.3, 0.4) is 0 Å². The van der Waals surface area contributed by atoms with Crippen LogP contribution in [0.15, 0.2) is 18.2 Å². The number of nitrogens with zero attached hydrogens (tertiary/aromatic N) is 1. The molecule has 0 radical (unpaired) electrons. The standard InChI is InChI=1S/C10H6F3NO2S/c11-10(12,13)8-4-3-7(2-1-5-17)9(6-8)14(15)16/h3-4,6,17H,5H2. The summed E-state index contributed by atoms with van der Waals surface area (Å²) in [6, 6.07) is 2.22. The van der Waals surface area contributed by atoms with Gasteiger partial charge in [-0.05, 0) is 12.1 Å². The SMILES string of the molecule is O=[N+]([O-])c1cc(C(F)(F)F)ccc1C#CCS. The lowest BCUT2D eigenvalue weighted by Gasteiger charge is -2.06.